The van der Waals surface area contributed by atoms with Crippen LogP contribution in [0.25, 0.3) is 0 Å². The van der Waals surface area contributed by atoms with Crippen LogP contribution in [-0.4, -0.2) is 19.8 Å². The molecule has 12 heavy (non-hydrogen) atoms. The van der Waals surface area contributed by atoms with Gasteiger partial charge in [-0.15, -0.1) is 12.4 Å². The Labute approximate surface area is 77.5 Å². The van der Waals surface area contributed by atoms with E-state index in [1.165, 1.54) is 0 Å². The molecule has 0 amide bonds. The lowest BCUT2D eigenvalue weighted by atomic mass is 10.2. The predicted octanol–water partition coefficient (Wildman–Crippen LogP) is 1.36. The summed E-state index contributed by atoms with van der Waals surface area (Å²) in [6.45, 7) is 2.43. The Morgan fingerprint density at radius 3 is 3.00 bits per heavy atom. The van der Waals surface area contributed by atoms with Gasteiger partial charge in [-0.3, -0.25) is 0 Å². The highest BCUT2D eigenvalue weighted by molar-refractivity contribution is 5.85. The van der Waals surface area contributed by atoms with E-state index in [1.54, 1.807) is 6.26 Å². The zero-order valence-electron chi connectivity index (χ0n) is 6.66. The molecule has 0 bridgehead atoms. The number of hydrogen-bond donors (Lipinski definition) is 1. The average molecular weight is 190 g/mol. The summed E-state index contributed by atoms with van der Waals surface area (Å²) in [5.74, 6) is 0.963. The Bertz CT molecular complexity index is 207. The highest BCUT2D eigenvalue weighted by Gasteiger charge is 2.16. The maximum Gasteiger partial charge on any atom is 0.123 e. The molecule has 0 unspecified atom stereocenters. The quantitative estimate of drug-likeness (QED) is 0.725. The van der Waals surface area contributed by atoms with E-state index < -0.39 is 0 Å². The second kappa shape index (κ2) is 4.50. The number of halogens is 1. The minimum absolute atomic E-state index is 0. The van der Waals surface area contributed by atoms with Gasteiger partial charge in [0.25, 0.3) is 0 Å². The third-order valence-corrected chi connectivity index (χ3v) is 1.81. The van der Waals surface area contributed by atoms with Gasteiger partial charge in [-0.25, -0.2) is 0 Å². The molecule has 0 aliphatic carbocycles. The van der Waals surface area contributed by atoms with E-state index in [0.717, 1.165) is 18.9 Å². The fourth-order valence-corrected chi connectivity index (χ4v) is 1.24. The van der Waals surface area contributed by atoms with Gasteiger partial charge >= 0.3 is 0 Å². The molecule has 2 heterocycles. The van der Waals surface area contributed by atoms with Gasteiger partial charge in [-0.2, -0.15) is 0 Å². The largest absolute Gasteiger partial charge is 0.468 e. The van der Waals surface area contributed by atoms with Crippen LogP contribution in [0.2, 0.25) is 0 Å². The van der Waals surface area contributed by atoms with Crippen molar-refractivity contribution in [2.45, 2.75) is 6.04 Å². The van der Waals surface area contributed by atoms with Crippen molar-refractivity contribution in [2.24, 2.45) is 0 Å². The first-order chi connectivity index (χ1) is 5.47. The molecular weight excluding hydrogens is 178 g/mol. The lowest BCUT2D eigenvalue weighted by Crippen LogP contribution is -2.34. The Morgan fingerprint density at radius 1 is 1.50 bits per heavy atom. The molecule has 0 radical (unpaired) electrons. The first-order valence-electron chi connectivity index (χ1n) is 3.81. The van der Waals surface area contributed by atoms with Crippen LogP contribution in [0, 0.1) is 0 Å². The second-order valence-corrected chi connectivity index (χ2v) is 2.60. The van der Waals surface area contributed by atoms with Crippen LogP contribution in [0.1, 0.15) is 11.8 Å². The molecule has 1 N–H and O–H groups in total. The lowest BCUT2D eigenvalue weighted by Gasteiger charge is -2.21. The van der Waals surface area contributed by atoms with E-state index in [0.29, 0.717) is 6.61 Å². The molecule has 0 saturated carbocycles. The third-order valence-electron chi connectivity index (χ3n) is 1.81. The standard InChI is InChI=1S/C8H11NO2.ClH/c1-2-8(11-4-1)7-6-10-5-3-9-7;/h1-2,4,7,9H,3,5-6H2;1H/t7-;/m1./s1. The number of nitrogens with one attached hydrogen (secondary N) is 1. The van der Waals surface area contributed by atoms with E-state index in [2.05, 4.69) is 5.32 Å². The van der Waals surface area contributed by atoms with Gasteiger partial charge in [0, 0.05) is 6.54 Å². The molecule has 1 saturated heterocycles. The second-order valence-electron chi connectivity index (χ2n) is 2.60. The SMILES string of the molecule is Cl.c1coc([C@H]2COCCN2)c1. The molecule has 1 aromatic rings. The number of furan rings is 1. The fourth-order valence-electron chi connectivity index (χ4n) is 1.24. The van der Waals surface area contributed by atoms with Gasteiger partial charge in [0.2, 0.25) is 0 Å². The zero-order chi connectivity index (χ0) is 7.52. The van der Waals surface area contributed by atoms with Crippen LogP contribution in [0.3, 0.4) is 0 Å². The normalized spacial score (nSPS) is 23.2. The van der Waals surface area contributed by atoms with Gasteiger partial charge in [-0.05, 0) is 12.1 Å². The van der Waals surface area contributed by atoms with Gasteiger partial charge in [0.05, 0.1) is 25.5 Å². The highest BCUT2D eigenvalue weighted by Crippen LogP contribution is 2.15. The van der Waals surface area contributed by atoms with Gasteiger partial charge in [-0.1, -0.05) is 0 Å². The molecule has 1 fully saturated rings. The van der Waals surface area contributed by atoms with Crippen molar-refractivity contribution >= 4 is 12.4 Å². The van der Waals surface area contributed by atoms with Crippen LogP contribution in [0.15, 0.2) is 22.8 Å². The number of rotatable bonds is 1. The lowest BCUT2D eigenvalue weighted by molar-refractivity contribution is 0.0699. The molecule has 0 aromatic carbocycles. The topological polar surface area (TPSA) is 34.4 Å². The summed E-state index contributed by atoms with van der Waals surface area (Å²) in [5.41, 5.74) is 0. The van der Waals surface area contributed by atoms with E-state index >= 15 is 0 Å². The van der Waals surface area contributed by atoms with Crippen molar-refractivity contribution in [3.63, 3.8) is 0 Å². The minimum Gasteiger partial charge on any atom is -0.468 e. The average Bonchev–Trinajstić information content (AvgIpc) is 2.58. The summed E-state index contributed by atoms with van der Waals surface area (Å²) in [5, 5.41) is 3.30. The van der Waals surface area contributed by atoms with E-state index in [9.17, 15) is 0 Å². The summed E-state index contributed by atoms with van der Waals surface area (Å²) in [6, 6.07) is 4.11. The summed E-state index contributed by atoms with van der Waals surface area (Å²) in [4.78, 5) is 0. The summed E-state index contributed by atoms with van der Waals surface area (Å²) in [7, 11) is 0. The van der Waals surface area contributed by atoms with E-state index in [4.69, 9.17) is 9.15 Å². The number of ether oxygens (including phenoxy) is 1. The molecule has 1 atom stereocenters. The highest BCUT2D eigenvalue weighted by atomic mass is 35.5. The minimum atomic E-state index is 0. The molecule has 1 aromatic heterocycles. The Kier molecular flexibility index (Phi) is 3.59. The van der Waals surface area contributed by atoms with Crippen LogP contribution >= 0.6 is 12.4 Å². The van der Waals surface area contributed by atoms with Crippen molar-refractivity contribution in [2.75, 3.05) is 19.8 Å². The molecule has 1 aliphatic heterocycles. The van der Waals surface area contributed by atoms with Crippen molar-refractivity contribution < 1.29 is 9.15 Å². The Morgan fingerprint density at radius 2 is 2.42 bits per heavy atom. The summed E-state index contributed by atoms with van der Waals surface area (Å²) < 4.78 is 10.5. The van der Waals surface area contributed by atoms with Crippen molar-refractivity contribution in [3.05, 3.63) is 24.2 Å². The maximum atomic E-state index is 5.28. The monoisotopic (exact) mass is 189 g/mol. The van der Waals surface area contributed by atoms with Crippen LogP contribution in [0.4, 0.5) is 0 Å². The fraction of sp³-hybridized carbons (Fsp3) is 0.500. The van der Waals surface area contributed by atoms with Gasteiger partial charge in [0.1, 0.15) is 5.76 Å². The number of morpholine rings is 1. The molecule has 3 nitrogen and oxygen atoms in total. The maximum absolute atomic E-state index is 5.28. The molecule has 0 spiro atoms. The molecule has 4 heteroatoms. The predicted molar refractivity (Wildman–Crippen MR) is 47.5 cm³/mol. The third kappa shape index (κ3) is 2.00. The Balaban J connectivity index is 0.000000720. The van der Waals surface area contributed by atoms with Crippen LogP contribution in [-0.2, 0) is 4.74 Å². The molecule has 2 rings (SSSR count). The summed E-state index contributed by atoms with van der Waals surface area (Å²) in [6.07, 6.45) is 1.69. The van der Waals surface area contributed by atoms with Gasteiger partial charge < -0.3 is 14.5 Å². The van der Waals surface area contributed by atoms with Crippen molar-refractivity contribution in [1.29, 1.82) is 0 Å². The Hall–Kier alpha value is -0.510. The van der Waals surface area contributed by atoms with Crippen LogP contribution in [0.5, 0.6) is 0 Å². The van der Waals surface area contributed by atoms with Gasteiger partial charge in [0.15, 0.2) is 0 Å². The van der Waals surface area contributed by atoms with Crippen molar-refractivity contribution in [3.8, 4) is 0 Å². The molecular formula is C8H12ClNO2. The number of hydrogen-bond acceptors (Lipinski definition) is 3. The summed E-state index contributed by atoms with van der Waals surface area (Å²) >= 11 is 0. The van der Waals surface area contributed by atoms with Crippen LogP contribution < -0.4 is 5.32 Å². The first kappa shape index (κ1) is 9.58. The van der Waals surface area contributed by atoms with E-state index in [-0.39, 0.29) is 18.4 Å². The van der Waals surface area contributed by atoms with E-state index in [1.807, 2.05) is 12.1 Å². The molecule has 1 aliphatic rings. The van der Waals surface area contributed by atoms with Crippen molar-refractivity contribution in [1.82, 2.24) is 5.32 Å². The zero-order valence-corrected chi connectivity index (χ0v) is 7.47. The smallest absolute Gasteiger partial charge is 0.123 e. The first-order valence-corrected chi connectivity index (χ1v) is 3.81. The molecule has 68 valence electrons.